The van der Waals surface area contributed by atoms with Crippen molar-refractivity contribution in [2.24, 2.45) is 7.05 Å². The van der Waals surface area contributed by atoms with Gasteiger partial charge in [0.1, 0.15) is 17.5 Å². The van der Waals surface area contributed by atoms with Gasteiger partial charge < -0.3 is 9.84 Å². The van der Waals surface area contributed by atoms with Crippen molar-refractivity contribution in [1.82, 2.24) is 9.78 Å². The van der Waals surface area contributed by atoms with Crippen LogP contribution in [-0.4, -0.2) is 14.9 Å². The van der Waals surface area contributed by atoms with Crippen LogP contribution >= 0.6 is 27.5 Å². The van der Waals surface area contributed by atoms with Crippen LogP contribution in [0.3, 0.4) is 0 Å². The molecule has 1 N–H and O–H groups in total. The quantitative estimate of drug-likeness (QED) is 0.908. The Bertz CT molecular complexity index is 641. The van der Waals surface area contributed by atoms with Gasteiger partial charge in [0.05, 0.1) is 12.3 Å². The first kappa shape index (κ1) is 15.4. The van der Waals surface area contributed by atoms with E-state index in [0.29, 0.717) is 17.5 Å². The van der Waals surface area contributed by atoms with E-state index < -0.39 is 0 Å². The Kier molecular flexibility index (Phi) is 4.73. The van der Waals surface area contributed by atoms with Gasteiger partial charge in [0.25, 0.3) is 0 Å². The summed E-state index contributed by atoms with van der Waals surface area (Å²) in [6.45, 7) is 4.09. The number of ether oxygens (including phenoxy) is 1. The van der Waals surface area contributed by atoms with Crippen LogP contribution in [-0.2, 0) is 20.3 Å². The Labute approximate surface area is 131 Å². The Hall–Kier alpha value is -1.04. The zero-order chi connectivity index (χ0) is 14.9. The number of aliphatic hydroxyl groups excluding tert-OH is 1. The third kappa shape index (κ3) is 3.00. The summed E-state index contributed by atoms with van der Waals surface area (Å²) in [5.74, 6) is 0.690. The van der Waals surface area contributed by atoms with Gasteiger partial charge >= 0.3 is 0 Å². The molecule has 0 atom stereocenters. The number of halogens is 2. The highest BCUT2D eigenvalue weighted by Crippen LogP contribution is 2.30. The minimum absolute atomic E-state index is 0.0740. The lowest BCUT2D eigenvalue weighted by Gasteiger charge is -2.13. The van der Waals surface area contributed by atoms with Crippen LogP contribution in [0.2, 0.25) is 5.15 Å². The number of hydrogen-bond donors (Lipinski definition) is 1. The number of hydrogen-bond acceptors (Lipinski definition) is 3. The molecule has 0 unspecified atom stereocenters. The van der Waals surface area contributed by atoms with Gasteiger partial charge in [-0.1, -0.05) is 27.5 Å². The molecule has 0 saturated heterocycles. The highest BCUT2D eigenvalue weighted by atomic mass is 79.9. The summed E-state index contributed by atoms with van der Waals surface area (Å²) >= 11 is 9.59. The molecule has 0 aliphatic heterocycles. The van der Waals surface area contributed by atoms with Gasteiger partial charge in [-0.3, -0.25) is 4.68 Å². The molecule has 0 saturated carbocycles. The third-order valence-corrected chi connectivity index (χ3v) is 4.05. The smallest absolute Gasteiger partial charge is 0.133 e. The number of aryl methyl sites for hydroxylation is 3. The monoisotopic (exact) mass is 358 g/mol. The predicted octanol–water partition coefficient (Wildman–Crippen LogP) is 3.52. The van der Waals surface area contributed by atoms with Crippen molar-refractivity contribution in [3.63, 3.8) is 0 Å². The van der Waals surface area contributed by atoms with Crippen LogP contribution in [0, 0.1) is 13.8 Å². The summed E-state index contributed by atoms with van der Waals surface area (Å²) in [4.78, 5) is 0. The molecule has 20 heavy (non-hydrogen) atoms. The molecule has 0 aliphatic rings. The second-order valence-corrected chi connectivity index (χ2v) is 5.91. The van der Waals surface area contributed by atoms with E-state index in [-0.39, 0.29) is 6.61 Å². The van der Waals surface area contributed by atoms with Gasteiger partial charge in [-0.05, 0) is 31.5 Å². The van der Waals surface area contributed by atoms with Gasteiger partial charge in [0.2, 0.25) is 0 Å². The zero-order valence-corrected chi connectivity index (χ0v) is 13.9. The number of aliphatic hydroxyl groups is 1. The molecule has 0 spiro atoms. The summed E-state index contributed by atoms with van der Waals surface area (Å²) in [5, 5.41) is 14.3. The third-order valence-electron chi connectivity index (χ3n) is 3.12. The van der Waals surface area contributed by atoms with Crippen LogP contribution in [0.1, 0.15) is 22.4 Å². The lowest BCUT2D eigenvalue weighted by atomic mass is 10.1. The molecule has 0 bridgehead atoms. The lowest BCUT2D eigenvalue weighted by molar-refractivity contribution is 0.257. The maximum Gasteiger partial charge on any atom is 0.133 e. The lowest BCUT2D eigenvalue weighted by Crippen LogP contribution is -2.02. The maximum absolute atomic E-state index is 9.43. The van der Waals surface area contributed by atoms with Crippen molar-refractivity contribution in [2.45, 2.75) is 27.1 Å². The van der Waals surface area contributed by atoms with Gasteiger partial charge in [-0.25, -0.2) is 0 Å². The molecule has 2 rings (SSSR count). The molecule has 1 heterocycles. The van der Waals surface area contributed by atoms with E-state index in [9.17, 15) is 5.11 Å². The van der Waals surface area contributed by atoms with E-state index in [1.54, 1.807) is 11.7 Å². The Morgan fingerprint density at radius 1 is 1.40 bits per heavy atom. The first-order chi connectivity index (χ1) is 9.43. The van der Waals surface area contributed by atoms with E-state index in [0.717, 1.165) is 26.9 Å². The van der Waals surface area contributed by atoms with Crippen LogP contribution in [0.4, 0.5) is 0 Å². The van der Waals surface area contributed by atoms with Crippen LogP contribution in [0.5, 0.6) is 5.75 Å². The molecule has 4 nitrogen and oxygen atoms in total. The number of benzene rings is 1. The molecule has 0 radical (unpaired) electrons. The summed E-state index contributed by atoms with van der Waals surface area (Å²) < 4.78 is 8.40. The average molecular weight is 360 g/mol. The summed E-state index contributed by atoms with van der Waals surface area (Å²) in [5.41, 5.74) is 3.41. The fourth-order valence-corrected chi connectivity index (χ4v) is 2.95. The van der Waals surface area contributed by atoms with Gasteiger partial charge in [0, 0.05) is 22.6 Å². The van der Waals surface area contributed by atoms with Crippen molar-refractivity contribution in [3.8, 4) is 5.75 Å². The fraction of sp³-hybridized carbons (Fsp3) is 0.357. The molecule has 1 aromatic carbocycles. The van der Waals surface area contributed by atoms with Crippen LogP contribution in [0.25, 0.3) is 0 Å². The SMILES string of the molecule is Cc1cc(Br)cc(CO)c1OCc1c(C)nn(C)c1Cl. The van der Waals surface area contributed by atoms with Gasteiger partial charge in [-0.15, -0.1) is 0 Å². The highest BCUT2D eigenvalue weighted by molar-refractivity contribution is 9.10. The predicted molar refractivity (Wildman–Crippen MR) is 82.1 cm³/mol. The minimum Gasteiger partial charge on any atom is -0.488 e. The Morgan fingerprint density at radius 2 is 2.10 bits per heavy atom. The molecule has 1 aromatic heterocycles. The van der Waals surface area contributed by atoms with E-state index in [2.05, 4.69) is 21.0 Å². The van der Waals surface area contributed by atoms with Crippen LogP contribution < -0.4 is 4.74 Å². The van der Waals surface area contributed by atoms with Crippen molar-refractivity contribution in [2.75, 3.05) is 0 Å². The second-order valence-electron chi connectivity index (χ2n) is 4.64. The fourth-order valence-electron chi connectivity index (χ4n) is 2.11. The van der Waals surface area contributed by atoms with E-state index in [1.807, 2.05) is 26.0 Å². The van der Waals surface area contributed by atoms with Crippen molar-refractivity contribution >= 4 is 27.5 Å². The first-order valence-corrected chi connectivity index (χ1v) is 7.31. The Morgan fingerprint density at radius 3 is 2.65 bits per heavy atom. The molecule has 6 heteroatoms. The van der Waals surface area contributed by atoms with Crippen molar-refractivity contribution in [3.05, 3.63) is 44.1 Å². The van der Waals surface area contributed by atoms with E-state index in [4.69, 9.17) is 16.3 Å². The zero-order valence-electron chi connectivity index (χ0n) is 11.6. The molecule has 2 aromatic rings. The minimum atomic E-state index is -0.0740. The topological polar surface area (TPSA) is 47.3 Å². The highest BCUT2D eigenvalue weighted by Gasteiger charge is 2.14. The molecule has 108 valence electrons. The summed E-state index contributed by atoms with van der Waals surface area (Å²) in [6.07, 6.45) is 0. The van der Waals surface area contributed by atoms with Crippen molar-refractivity contribution < 1.29 is 9.84 Å². The van der Waals surface area contributed by atoms with Crippen LogP contribution in [0.15, 0.2) is 16.6 Å². The summed E-state index contributed by atoms with van der Waals surface area (Å²) in [7, 11) is 1.79. The Balaban J connectivity index is 2.27. The molecule has 0 fully saturated rings. The molecule has 0 aliphatic carbocycles. The van der Waals surface area contributed by atoms with E-state index in [1.165, 1.54) is 0 Å². The molecular weight excluding hydrogens is 344 g/mol. The average Bonchev–Trinajstić information content (AvgIpc) is 2.62. The maximum atomic E-state index is 9.43. The number of aromatic nitrogens is 2. The molecule has 0 amide bonds. The standard InChI is InChI=1S/C14H16BrClN2O2/c1-8-4-11(15)5-10(6-19)13(8)20-7-12-9(2)17-18(3)14(12)16/h4-5,19H,6-7H2,1-3H3. The van der Waals surface area contributed by atoms with Gasteiger partial charge in [0.15, 0.2) is 0 Å². The summed E-state index contributed by atoms with van der Waals surface area (Å²) in [6, 6.07) is 3.80. The van der Waals surface area contributed by atoms with E-state index >= 15 is 0 Å². The second kappa shape index (κ2) is 6.16. The largest absolute Gasteiger partial charge is 0.488 e. The normalized spacial score (nSPS) is 10.9. The van der Waals surface area contributed by atoms with Crippen molar-refractivity contribution in [1.29, 1.82) is 0 Å². The molecular formula is C14H16BrClN2O2. The number of rotatable bonds is 4. The van der Waals surface area contributed by atoms with Gasteiger partial charge in [-0.2, -0.15) is 5.10 Å². The first-order valence-electron chi connectivity index (χ1n) is 6.14. The number of nitrogens with zero attached hydrogens (tertiary/aromatic N) is 2.